The molecule has 1 aromatic carbocycles. The maximum Gasteiger partial charge on any atom is 0.165 e. The van der Waals surface area contributed by atoms with Gasteiger partial charge in [-0.3, -0.25) is 9.48 Å². The summed E-state index contributed by atoms with van der Waals surface area (Å²) < 4.78 is 7.46. The van der Waals surface area contributed by atoms with E-state index in [1.54, 1.807) is 24.4 Å². The van der Waals surface area contributed by atoms with Crippen molar-refractivity contribution in [1.82, 2.24) is 9.78 Å². The number of aromatic nitrogens is 2. The van der Waals surface area contributed by atoms with Gasteiger partial charge in [0.25, 0.3) is 0 Å². The molecule has 0 radical (unpaired) electrons. The summed E-state index contributed by atoms with van der Waals surface area (Å²) in [5.41, 5.74) is 6.73. The standard InChI is InChI=1S/C14H17N3O2/c1-9(2)17-8-12(7-16-17)19-11-4-5-13(10(3)18)14(15)6-11/h4-9H,15H2,1-3H3. The lowest BCUT2D eigenvalue weighted by Gasteiger charge is -2.07. The highest BCUT2D eigenvalue weighted by molar-refractivity contribution is 5.99. The molecule has 0 bridgehead atoms. The fourth-order valence-corrected chi connectivity index (χ4v) is 1.72. The monoisotopic (exact) mass is 259 g/mol. The Hall–Kier alpha value is -2.30. The summed E-state index contributed by atoms with van der Waals surface area (Å²) in [6, 6.07) is 5.31. The van der Waals surface area contributed by atoms with Gasteiger partial charge in [0.05, 0.1) is 12.4 Å². The van der Waals surface area contributed by atoms with E-state index in [0.29, 0.717) is 22.7 Å². The highest BCUT2D eigenvalue weighted by Crippen LogP contribution is 2.25. The van der Waals surface area contributed by atoms with Crippen molar-refractivity contribution in [3.05, 3.63) is 36.2 Å². The number of anilines is 1. The van der Waals surface area contributed by atoms with E-state index in [0.717, 1.165) is 0 Å². The molecule has 0 saturated heterocycles. The van der Waals surface area contributed by atoms with Crippen LogP contribution in [0.2, 0.25) is 0 Å². The van der Waals surface area contributed by atoms with Crippen LogP contribution in [0.25, 0.3) is 0 Å². The molecule has 100 valence electrons. The third-order valence-electron chi connectivity index (χ3n) is 2.74. The Bertz CT molecular complexity index is 602. The summed E-state index contributed by atoms with van der Waals surface area (Å²) in [7, 11) is 0. The molecule has 0 spiro atoms. The Kier molecular flexibility index (Phi) is 3.55. The van der Waals surface area contributed by atoms with Crippen LogP contribution in [0.5, 0.6) is 11.5 Å². The molecule has 5 nitrogen and oxygen atoms in total. The van der Waals surface area contributed by atoms with E-state index < -0.39 is 0 Å². The van der Waals surface area contributed by atoms with Crippen LogP contribution in [0.15, 0.2) is 30.6 Å². The zero-order valence-electron chi connectivity index (χ0n) is 11.3. The van der Waals surface area contributed by atoms with Crippen LogP contribution < -0.4 is 10.5 Å². The third kappa shape index (κ3) is 2.93. The number of hydrogen-bond acceptors (Lipinski definition) is 4. The average Bonchev–Trinajstić information content (AvgIpc) is 2.77. The van der Waals surface area contributed by atoms with Gasteiger partial charge < -0.3 is 10.5 Å². The second-order valence-electron chi connectivity index (χ2n) is 4.66. The third-order valence-corrected chi connectivity index (χ3v) is 2.74. The van der Waals surface area contributed by atoms with Gasteiger partial charge in [-0.25, -0.2) is 0 Å². The fraction of sp³-hybridized carbons (Fsp3) is 0.286. The van der Waals surface area contributed by atoms with Crippen LogP contribution in [-0.4, -0.2) is 15.6 Å². The zero-order chi connectivity index (χ0) is 14.0. The number of nitrogens with zero attached hydrogens (tertiary/aromatic N) is 2. The number of nitrogens with two attached hydrogens (primary N) is 1. The van der Waals surface area contributed by atoms with Gasteiger partial charge in [-0.1, -0.05) is 0 Å². The van der Waals surface area contributed by atoms with Gasteiger partial charge in [-0.05, 0) is 32.9 Å². The average molecular weight is 259 g/mol. The van der Waals surface area contributed by atoms with Crippen molar-refractivity contribution in [2.24, 2.45) is 0 Å². The number of carbonyl (C=O) groups is 1. The predicted octanol–water partition coefficient (Wildman–Crippen LogP) is 3.04. The topological polar surface area (TPSA) is 70.1 Å². The van der Waals surface area contributed by atoms with Gasteiger partial charge in [0.15, 0.2) is 11.5 Å². The van der Waals surface area contributed by atoms with Crippen molar-refractivity contribution in [3.63, 3.8) is 0 Å². The predicted molar refractivity (Wildman–Crippen MR) is 73.5 cm³/mol. The molecule has 0 amide bonds. The normalized spacial score (nSPS) is 10.7. The molecule has 1 heterocycles. The lowest BCUT2D eigenvalue weighted by atomic mass is 10.1. The van der Waals surface area contributed by atoms with E-state index in [2.05, 4.69) is 5.10 Å². The van der Waals surface area contributed by atoms with Crippen molar-refractivity contribution in [1.29, 1.82) is 0 Å². The maximum atomic E-state index is 11.3. The van der Waals surface area contributed by atoms with E-state index in [-0.39, 0.29) is 11.8 Å². The Morgan fingerprint density at radius 2 is 2.11 bits per heavy atom. The van der Waals surface area contributed by atoms with E-state index in [9.17, 15) is 4.79 Å². The van der Waals surface area contributed by atoms with Crippen molar-refractivity contribution in [2.45, 2.75) is 26.8 Å². The van der Waals surface area contributed by atoms with Gasteiger partial charge in [0.2, 0.25) is 0 Å². The summed E-state index contributed by atoms with van der Waals surface area (Å²) in [4.78, 5) is 11.3. The second kappa shape index (κ2) is 5.14. The largest absolute Gasteiger partial charge is 0.454 e. The Morgan fingerprint density at radius 1 is 1.37 bits per heavy atom. The van der Waals surface area contributed by atoms with Crippen LogP contribution in [0.4, 0.5) is 5.69 Å². The lowest BCUT2D eigenvalue weighted by molar-refractivity contribution is 0.101. The molecule has 1 aromatic heterocycles. The zero-order valence-corrected chi connectivity index (χ0v) is 11.3. The number of ether oxygens (including phenoxy) is 1. The summed E-state index contributed by atoms with van der Waals surface area (Å²) in [6.45, 7) is 5.56. The van der Waals surface area contributed by atoms with E-state index in [1.165, 1.54) is 6.92 Å². The van der Waals surface area contributed by atoms with Crippen molar-refractivity contribution >= 4 is 11.5 Å². The Labute approximate surface area is 112 Å². The summed E-state index contributed by atoms with van der Waals surface area (Å²) in [5.74, 6) is 1.17. The van der Waals surface area contributed by atoms with Crippen molar-refractivity contribution < 1.29 is 9.53 Å². The molecule has 0 saturated carbocycles. The Balaban J connectivity index is 2.19. The van der Waals surface area contributed by atoms with Crippen LogP contribution in [0.1, 0.15) is 37.2 Å². The molecule has 0 unspecified atom stereocenters. The molecule has 2 N–H and O–H groups in total. The van der Waals surface area contributed by atoms with Gasteiger partial charge in [0, 0.05) is 23.4 Å². The van der Waals surface area contributed by atoms with E-state index in [1.807, 2.05) is 24.7 Å². The minimum absolute atomic E-state index is 0.0586. The van der Waals surface area contributed by atoms with Crippen LogP contribution in [0.3, 0.4) is 0 Å². The van der Waals surface area contributed by atoms with Crippen LogP contribution in [0, 0.1) is 0 Å². The second-order valence-corrected chi connectivity index (χ2v) is 4.66. The maximum absolute atomic E-state index is 11.3. The number of benzene rings is 1. The highest BCUT2D eigenvalue weighted by Gasteiger charge is 2.08. The van der Waals surface area contributed by atoms with E-state index in [4.69, 9.17) is 10.5 Å². The quantitative estimate of drug-likeness (QED) is 0.676. The molecule has 0 aliphatic rings. The van der Waals surface area contributed by atoms with Crippen LogP contribution in [-0.2, 0) is 0 Å². The number of ketones is 1. The molecule has 0 aliphatic heterocycles. The number of nitrogen functional groups attached to an aromatic ring is 1. The molecule has 0 aliphatic carbocycles. The molecular formula is C14H17N3O2. The van der Waals surface area contributed by atoms with Gasteiger partial charge in [-0.2, -0.15) is 5.10 Å². The first kappa shape index (κ1) is 13.1. The minimum Gasteiger partial charge on any atom is -0.454 e. The smallest absolute Gasteiger partial charge is 0.165 e. The lowest BCUT2D eigenvalue weighted by Crippen LogP contribution is -2.00. The van der Waals surface area contributed by atoms with Crippen molar-refractivity contribution in [3.8, 4) is 11.5 Å². The number of carbonyl (C=O) groups excluding carboxylic acids is 1. The van der Waals surface area contributed by atoms with Gasteiger partial charge in [-0.15, -0.1) is 0 Å². The summed E-state index contributed by atoms with van der Waals surface area (Å²) >= 11 is 0. The summed E-state index contributed by atoms with van der Waals surface area (Å²) in [6.07, 6.45) is 3.47. The first-order chi connectivity index (χ1) is 8.97. The van der Waals surface area contributed by atoms with Gasteiger partial charge in [0.1, 0.15) is 5.75 Å². The minimum atomic E-state index is -0.0586. The number of rotatable bonds is 4. The molecule has 0 atom stereocenters. The van der Waals surface area contributed by atoms with Crippen LogP contribution >= 0.6 is 0 Å². The van der Waals surface area contributed by atoms with Crippen molar-refractivity contribution in [2.75, 3.05) is 5.73 Å². The fourth-order valence-electron chi connectivity index (χ4n) is 1.72. The number of hydrogen-bond donors (Lipinski definition) is 1. The number of Topliss-reactive ketones (excluding diaryl/α,β-unsaturated/α-hetero) is 1. The Morgan fingerprint density at radius 3 is 2.63 bits per heavy atom. The molecule has 19 heavy (non-hydrogen) atoms. The summed E-state index contributed by atoms with van der Waals surface area (Å²) in [5, 5.41) is 4.19. The van der Waals surface area contributed by atoms with Gasteiger partial charge >= 0.3 is 0 Å². The van der Waals surface area contributed by atoms with E-state index >= 15 is 0 Å². The molecule has 2 rings (SSSR count). The first-order valence-corrected chi connectivity index (χ1v) is 6.10. The SMILES string of the molecule is CC(=O)c1ccc(Oc2cnn(C(C)C)c2)cc1N. The molecule has 2 aromatic rings. The highest BCUT2D eigenvalue weighted by atomic mass is 16.5. The molecule has 0 fully saturated rings. The molecular weight excluding hydrogens is 242 g/mol. The first-order valence-electron chi connectivity index (χ1n) is 6.10. The molecule has 5 heteroatoms.